The van der Waals surface area contributed by atoms with E-state index in [4.69, 9.17) is 5.73 Å². The molecule has 1 aliphatic rings. The fourth-order valence-electron chi connectivity index (χ4n) is 3.05. The monoisotopic (exact) mass is 299 g/mol. The molecule has 0 saturated heterocycles. The maximum atomic E-state index is 14.2. The van der Waals surface area contributed by atoms with E-state index in [0.29, 0.717) is 17.9 Å². The lowest BCUT2D eigenvalue weighted by Crippen LogP contribution is -2.17. The van der Waals surface area contributed by atoms with E-state index in [1.165, 1.54) is 12.1 Å². The molecule has 0 radical (unpaired) electrons. The molecule has 1 aromatic heterocycles. The molecule has 1 aromatic carbocycles. The summed E-state index contributed by atoms with van der Waals surface area (Å²) in [7, 11) is 0. The second-order valence-corrected chi connectivity index (χ2v) is 5.76. The molecule has 1 unspecified atom stereocenters. The van der Waals surface area contributed by atoms with Crippen LogP contribution in [0.25, 0.3) is 11.1 Å². The summed E-state index contributed by atoms with van der Waals surface area (Å²) in [5.74, 6) is -0.812. The third-order valence-corrected chi connectivity index (χ3v) is 4.15. The van der Waals surface area contributed by atoms with Gasteiger partial charge in [-0.15, -0.1) is 0 Å². The molecule has 0 saturated carbocycles. The highest BCUT2D eigenvalue weighted by atomic mass is 19.1. The van der Waals surface area contributed by atoms with Crippen LogP contribution in [0.5, 0.6) is 0 Å². The third-order valence-electron chi connectivity index (χ3n) is 4.15. The van der Waals surface area contributed by atoms with Gasteiger partial charge in [0.15, 0.2) is 0 Å². The number of nitrogens with zero attached hydrogens (tertiary/aromatic N) is 2. The average Bonchev–Trinajstić information content (AvgIpc) is 2.47. The van der Waals surface area contributed by atoms with E-state index in [9.17, 15) is 14.0 Å². The van der Waals surface area contributed by atoms with Crippen molar-refractivity contribution < 1.29 is 8.78 Å². The smallest absolute Gasteiger partial charge is 0.142 e. The van der Waals surface area contributed by atoms with Crippen LogP contribution in [0.4, 0.5) is 14.6 Å². The first-order valence-electron chi connectivity index (χ1n) is 7.18. The molecule has 0 bridgehead atoms. The molecule has 0 aliphatic heterocycles. The molecule has 0 fully saturated rings. The van der Waals surface area contributed by atoms with Gasteiger partial charge in [-0.2, -0.15) is 5.26 Å². The SMILES string of the molecule is CC1CCc2nc(N)c(C#N)c(-c3ccc(F)cc3F)c2C1. The molecule has 2 aromatic rings. The number of hydrogen-bond acceptors (Lipinski definition) is 3. The number of fused-ring (bicyclic) bond motifs is 1. The van der Waals surface area contributed by atoms with Gasteiger partial charge in [0, 0.05) is 22.9 Å². The lowest BCUT2D eigenvalue weighted by molar-refractivity contribution is 0.495. The van der Waals surface area contributed by atoms with Crippen LogP contribution in [-0.4, -0.2) is 4.98 Å². The Kier molecular flexibility index (Phi) is 3.53. The molecule has 22 heavy (non-hydrogen) atoms. The van der Waals surface area contributed by atoms with Crippen LogP contribution < -0.4 is 5.73 Å². The lowest BCUT2D eigenvalue weighted by Gasteiger charge is -2.25. The van der Waals surface area contributed by atoms with Crippen LogP contribution in [0, 0.1) is 28.9 Å². The Morgan fingerprint density at radius 2 is 2.14 bits per heavy atom. The molecular weight excluding hydrogens is 284 g/mol. The first-order chi connectivity index (χ1) is 10.5. The Bertz CT molecular complexity index is 793. The number of aromatic nitrogens is 1. The van der Waals surface area contributed by atoms with Crippen molar-refractivity contribution in [2.75, 3.05) is 5.73 Å². The largest absolute Gasteiger partial charge is 0.383 e. The minimum Gasteiger partial charge on any atom is -0.383 e. The van der Waals surface area contributed by atoms with E-state index in [2.05, 4.69) is 11.9 Å². The van der Waals surface area contributed by atoms with E-state index in [1.807, 2.05) is 6.07 Å². The molecule has 0 spiro atoms. The first-order valence-corrected chi connectivity index (χ1v) is 7.18. The van der Waals surface area contributed by atoms with Gasteiger partial charge in [-0.05, 0) is 42.9 Å². The number of hydrogen-bond donors (Lipinski definition) is 1. The summed E-state index contributed by atoms with van der Waals surface area (Å²) < 4.78 is 27.4. The summed E-state index contributed by atoms with van der Waals surface area (Å²) in [6.07, 6.45) is 2.45. The summed E-state index contributed by atoms with van der Waals surface area (Å²) in [4.78, 5) is 4.31. The maximum absolute atomic E-state index is 14.2. The molecule has 1 aliphatic carbocycles. The first kappa shape index (κ1) is 14.5. The van der Waals surface area contributed by atoms with Gasteiger partial charge >= 0.3 is 0 Å². The second kappa shape index (κ2) is 5.38. The van der Waals surface area contributed by atoms with Crippen LogP contribution in [0.2, 0.25) is 0 Å². The quantitative estimate of drug-likeness (QED) is 0.875. The molecule has 3 nitrogen and oxygen atoms in total. The molecule has 5 heteroatoms. The van der Waals surface area contributed by atoms with Gasteiger partial charge < -0.3 is 5.73 Å². The Labute approximate surface area is 127 Å². The molecule has 2 N–H and O–H groups in total. The van der Waals surface area contributed by atoms with Gasteiger partial charge in [-0.3, -0.25) is 0 Å². The van der Waals surface area contributed by atoms with Crippen molar-refractivity contribution in [2.24, 2.45) is 5.92 Å². The molecular formula is C17H15F2N3. The van der Waals surface area contributed by atoms with Crippen LogP contribution in [0.1, 0.15) is 30.2 Å². The van der Waals surface area contributed by atoms with Crippen molar-refractivity contribution in [1.29, 1.82) is 5.26 Å². The summed E-state index contributed by atoms with van der Waals surface area (Å²) in [6.45, 7) is 2.11. The predicted molar refractivity (Wildman–Crippen MR) is 79.9 cm³/mol. The van der Waals surface area contributed by atoms with E-state index in [-0.39, 0.29) is 16.9 Å². The van der Waals surface area contributed by atoms with Crippen LogP contribution in [-0.2, 0) is 12.8 Å². The number of nitrogen functional groups attached to an aromatic ring is 1. The normalized spacial score (nSPS) is 16.9. The fraction of sp³-hybridized carbons (Fsp3) is 0.294. The van der Waals surface area contributed by atoms with Crippen LogP contribution in [0.15, 0.2) is 18.2 Å². The number of halogens is 2. The number of rotatable bonds is 1. The van der Waals surface area contributed by atoms with Gasteiger partial charge in [0.25, 0.3) is 0 Å². The van der Waals surface area contributed by atoms with Crippen molar-refractivity contribution in [3.8, 4) is 17.2 Å². The molecule has 0 amide bonds. The van der Waals surface area contributed by atoms with Crippen molar-refractivity contribution in [3.63, 3.8) is 0 Å². The van der Waals surface area contributed by atoms with Crippen LogP contribution >= 0.6 is 0 Å². The van der Waals surface area contributed by atoms with Crippen molar-refractivity contribution in [2.45, 2.75) is 26.2 Å². The van der Waals surface area contributed by atoms with Crippen molar-refractivity contribution >= 4 is 5.82 Å². The topological polar surface area (TPSA) is 62.7 Å². The summed E-state index contributed by atoms with van der Waals surface area (Å²) in [5.41, 5.74) is 8.39. The lowest BCUT2D eigenvalue weighted by atomic mass is 9.82. The molecule has 1 heterocycles. The second-order valence-electron chi connectivity index (χ2n) is 5.76. The summed E-state index contributed by atoms with van der Waals surface area (Å²) in [6, 6.07) is 5.40. The molecule has 3 rings (SSSR count). The minimum absolute atomic E-state index is 0.106. The highest BCUT2D eigenvalue weighted by Gasteiger charge is 2.26. The van der Waals surface area contributed by atoms with E-state index in [0.717, 1.165) is 30.2 Å². The van der Waals surface area contributed by atoms with Crippen molar-refractivity contribution in [1.82, 2.24) is 4.98 Å². The fourth-order valence-corrected chi connectivity index (χ4v) is 3.05. The number of benzene rings is 1. The zero-order chi connectivity index (χ0) is 15.9. The van der Waals surface area contributed by atoms with Gasteiger partial charge in [0.2, 0.25) is 0 Å². The molecule has 1 atom stereocenters. The predicted octanol–water partition coefficient (Wildman–Crippen LogP) is 3.61. The Balaban J connectivity index is 2.33. The van der Waals surface area contributed by atoms with E-state index in [1.54, 1.807) is 0 Å². The number of anilines is 1. The zero-order valence-corrected chi connectivity index (χ0v) is 12.2. The van der Waals surface area contributed by atoms with Gasteiger partial charge in [0.05, 0.1) is 0 Å². The Morgan fingerprint density at radius 3 is 2.82 bits per heavy atom. The van der Waals surface area contributed by atoms with E-state index < -0.39 is 11.6 Å². The van der Waals surface area contributed by atoms with Crippen molar-refractivity contribution in [3.05, 3.63) is 46.7 Å². The zero-order valence-electron chi connectivity index (χ0n) is 12.2. The van der Waals surface area contributed by atoms with Gasteiger partial charge in [-0.1, -0.05) is 6.92 Å². The van der Waals surface area contributed by atoms with Crippen LogP contribution in [0.3, 0.4) is 0 Å². The molecule has 112 valence electrons. The third kappa shape index (κ3) is 2.31. The summed E-state index contributed by atoms with van der Waals surface area (Å²) >= 11 is 0. The van der Waals surface area contributed by atoms with Gasteiger partial charge in [-0.25, -0.2) is 13.8 Å². The number of nitriles is 1. The highest BCUT2D eigenvalue weighted by Crippen LogP contribution is 2.38. The average molecular weight is 299 g/mol. The van der Waals surface area contributed by atoms with E-state index >= 15 is 0 Å². The number of nitrogens with two attached hydrogens (primary N) is 1. The number of pyridine rings is 1. The standard InChI is InChI=1S/C17H15F2N3/c1-9-2-5-15-12(6-9)16(13(8-20)17(21)22-15)11-4-3-10(18)7-14(11)19/h3-4,7,9H,2,5-6H2,1H3,(H2,21,22). The maximum Gasteiger partial charge on any atom is 0.142 e. The number of aryl methyl sites for hydroxylation is 1. The Morgan fingerprint density at radius 1 is 1.36 bits per heavy atom. The summed E-state index contributed by atoms with van der Waals surface area (Å²) in [5, 5.41) is 9.41. The Hall–Kier alpha value is -2.48. The highest BCUT2D eigenvalue weighted by molar-refractivity contribution is 5.79. The van der Waals surface area contributed by atoms with Gasteiger partial charge in [0.1, 0.15) is 29.1 Å². The minimum atomic E-state index is -0.692.